The van der Waals surface area contributed by atoms with E-state index in [-0.39, 0.29) is 0 Å². The molecule has 0 aliphatic rings. The average Bonchev–Trinajstić information content (AvgIpc) is 2.54. The highest BCUT2D eigenvalue weighted by molar-refractivity contribution is 9.10. The van der Waals surface area contributed by atoms with Crippen molar-refractivity contribution < 1.29 is 0 Å². The fraction of sp³-hybridized carbons (Fsp3) is 0.353. The quantitative estimate of drug-likeness (QED) is 0.610. The van der Waals surface area contributed by atoms with E-state index in [1.165, 1.54) is 5.56 Å². The molecule has 2 aromatic rings. The average molecular weight is 349 g/mol. The zero-order chi connectivity index (χ0) is 15.1. The maximum absolute atomic E-state index is 4.51. The van der Waals surface area contributed by atoms with Gasteiger partial charge in [0.05, 0.1) is 20.1 Å². The molecule has 0 spiro atoms. The van der Waals surface area contributed by atoms with E-state index in [1.807, 2.05) is 12.3 Å². The third-order valence-electron chi connectivity index (χ3n) is 3.92. The highest BCUT2D eigenvalue weighted by Gasteiger charge is 2.23. The number of quaternary nitrogens is 1. The third-order valence-corrected chi connectivity index (χ3v) is 4.45. The van der Waals surface area contributed by atoms with Crippen molar-refractivity contribution >= 4 is 21.7 Å². The van der Waals surface area contributed by atoms with Gasteiger partial charge >= 0.3 is 0 Å². The maximum atomic E-state index is 4.51. The maximum Gasteiger partial charge on any atom is 0.227 e. The van der Waals surface area contributed by atoms with E-state index in [0.29, 0.717) is 0 Å². The van der Waals surface area contributed by atoms with Crippen LogP contribution in [-0.4, -0.2) is 31.7 Å². The number of hydrogen-bond donors (Lipinski definition) is 1. The molecule has 0 amide bonds. The molecule has 1 heterocycles. The molecule has 2 rings (SSSR count). The first-order valence-electron chi connectivity index (χ1n) is 7.35. The van der Waals surface area contributed by atoms with Gasteiger partial charge in [-0.2, -0.15) is 0 Å². The van der Waals surface area contributed by atoms with Crippen LogP contribution in [-0.2, 0) is 6.54 Å². The first-order chi connectivity index (χ1) is 10.1. The van der Waals surface area contributed by atoms with Crippen LogP contribution in [0, 0.1) is 0 Å². The van der Waals surface area contributed by atoms with Crippen LogP contribution >= 0.6 is 15.9 Å². The minimum Gasteiger partial charge on any atom is -0.307 e. The Morgan fingerprint density at radius 3 is 2.52 bits per heavy atom. The number of nitrogens with zero attached hydrogens (tertiary/aromatic N) is 2. The predicted octanol–water partition coefficient (Wildman–Crippen LogP) is 3.59. The van der Waals surface area contributed by atoms with Gasteiger partial charge in [0.2, 0.25) is 5.82 Å². The van der Waals surface area contributed by atoms with Crippen molar-refractivity contribution in [3.05, 3.63) is 58.7 Å². The number of nitrogens with one attached hydrogen (secondary N) is 1. The largest absolute Gasteiger partial charge is 0.307 e. The Balaban J connectivity index is 1.85. The van der Waals surface area contributed by atoms with Gasteiger partial charge in [-0.05, 0) is 30.7 Å². The Morgan fingerprint density at radius 1 is 1.14 bits per heavy atom. The normalized spacial score (nSPS) is 13.9. The topological polar surface area (TPSA) is 24.9 Å². The van der Waals surface area contributed by atoms with Gasteiger partial charge in [0, 0.05) is 29.8 Å². The molecule has 1 atom stereocenters. The summed E-state index contributed by atoms with van der Waals surface area (Å²) in [6.07, 6.45) is 1.87. The first kappa shape index (κ1) is 16.1. The lowest BCUT2D eigenvalue weighted by Gasteiger charge is -2.31. The number of benzene rings is 1. The fourth-order valence-electron chi connectivity index (χ4n) is 2.27. The van der Waals surface area contributed by atoms with Crippen molar-refractivity contribution in [1.29, 1.82) is 0 Å². The molecule has 3 nitrogen and oxygen atoms in total. The van der Waals surface area contributed by atoms with Gasteiger partial charge in [0.15, 0.2) is 0 Å². The zero-order valence-corrected chi connectivity index (χ0v) is 14.3. The van der Waals surface area contributed by atoms with E-state index in [2.05, 4.69) is 76.6 Å². The predicted molar refractivity (Wildman–Crippen MR) is 93.2 cm³/mol. The van der Waals surface area contributed by atoms with Gasteiger partial charge in [-0.25, -0.2) is 4.98 Å². The van der Waals surface area contributed by atoms with Crippen LogP contribution in [0.2, 0.25) is 0 Å². The van der Waals surface area contributed by atoms with E-state index in [9.17, 15) is 0 Å². The number of rotatable bonds is 7. The number of aromatic nitrogens is 1. The first-order valence-corrected chi connectivity index (χ1v) is 8.14. The Kier molecular flexibility index (Phi) is 5.91. The second kappa shape index (κ2) is 7.69. The van der Waals surface area contributed by atoms with Crippen molar-refractivity contribution in [3.63, 3.8) is 0 Å². The van der Waals surface area contributed by atoms with Gasteiger partial charge in [-0.1, -0.05) is 34.1 Å². The highest BCUT2D eigenvalue weighted by Crippen LogP contribution is 2.16. The number of likely N-dealkylation sites (N-methyl/N-ethyl adjacent to an activating group) is 1. The molecular formula is C17H23BrN3+. The SMILES string of the molecule is CC[N+](C)(CCNCc1ccc(Br)cc1)c1ccccn1. The second-order valence-corrected chi connectivity index (χ2v) is 6.34. The van der Waals surface area contributed by atoms with Crippen LogP contribution in [0.1, 0.15) is 12.5 Å². The molecule has 0 fully saturated rings. The summed E-state index contributed by atoms with van der Waals surface area (Å²) in [4.78, 5) is 4.51. The number of halogens is 1. The molecule has 4 heteroatoms. The molecule has 0 bridgehead atoms. The van der Waals surface area contributed by atoms with Crippen molar-refractivity contribution in [2.24, 2.45) is 0 Å². The van der Waals surface area contributed by atoms with Crippen molar-refractivity contribution in [3.8, 4) is 0 Å². The molecule has 0 saturated carbocycles. The molecular weight excluding hydrogens is 326 g/mol. The fourth-order valence-corrected chi connectivity index (χ4v) is 2.53. The molecule has 0 radical (unpaired) electrons. The third kappa shape index (κ3) is 4.63. The van der Waals surface area contributed by atoms with E-state index >= 15 is 0 Å². The number of pyridine rings is 1. The number of hydrogen-bond acceptors (Lipinski definition) is 2. The standard InChI is InChI=1S/C17H23BrN3/c1-3-21(2,17-6-4-5-11-20-17)13-12-19-14-15-7-9-16(18)10-8-15/h4-11,19H,3,12-14H2,1-2H3/q+1. The molecule has 21 heavy (non-hydrogen) atoms. The molecule has 1 unspecified atom stereocenters. The molecule has 0 aliphatic heterocycles. The molecule has 0 aliphatic carbocycles. The van der Waals surface area contributed by atoms with Gasteiger partial charge in [-0.3, -0.25) is 4.48 Å². The lowest BCUT2D eigenvalue weighted by atomic mass is 10.2. The Morgan fingerprint density at radius 2 is 1.90 bits per heavy atom. The molecule has 112 valence electrons. The summed E-state index contributed by atoms with van der Waals surface area (Å²) in [6.45, 7) is 6.15. The van der Waals surface area contributed by atoms with Crippen LogP contribution in [0.15, 0.2) is 53.1 Å². The molecule has 0 saturated heterocycles. The lowest BCUT2D eigenvalue weighted by molar-refractivity contribution is 0.334. The van der Waals surface area contributed by atoms with Crippen LogP contribution in [0.4, 0.5) is 5.82 Å². The minimum absolute atomic E-state index is 0.855. The minimum atomic E-state index is 0.855. The van der Waals surface area contributed by atoms with Crippen molar-refractivity contribution in [2.75, 3.05) is 26.7 Å². The van der Waals surface area contributed by atoms with Crippen molar-refractivity contribution in [1.82, 2.24) is 14.8 Å². The monoisotopic (exact) mass is 348 g/mol. The summed E-state index contributed by atoms with van der Waals surface area (Å²) in [6, 6.07) is 14.6. The summed E-state index contributed by atoms with van der Waals surface area (Å²) >= 11 is 3.46. The molecule has 1 N–H and O–H groups in total. The van der Waals surface area contributed by atoms with Crippen LogP contribution in [0.5, 0.6) is 0 Å². The van der Waals surface area contributed by atoms with Crippen molar-refractivity contribution in [2.45, 2.75) is 13.5 Å². The van der Waals surface area contributed by atoms with E-state index in [4.69, 9.17) is 0 Å². The summed E-state index contributed by atoms with van der Waals surface area (Å²) in [7, 11) is 2.24. The van der Waals surface area contributed by atoms with Crippen LogP contribution in [0.25, 0.3) is 0 Å². The Hall–Kier alpha value is -1.23. The van der Waals surface area contributed by atoms with E-state index < -0.39 is 0 Å². The summed E-state index contributed by atoms with van der Waals surface area (Å²) in [5.74, 6) is 1.13. The molecule has 1 aromatic heterocycles. The van der Waals surface area contributed by atoms with Gasteiger partial charge < -0.3 is 5.32 Å². The lowest BCUT2D eigenvalue weighted by Crippen LogP contribution is -2.49. The van der Waals surface area contributed by atoms with Gasteiger partial charge in [0.25, 0.3) is 0 Å². The van der Waals surface area contributed by atoms with Gasteiger partial charge in [-0.15, -0.1) is 0 Å². The summed E-state index contributed by atoms with van der Waals surface area (Å²) in [5.41, 5.74) is 1.31. The summed E-state index contributed by atoms with van der Waals surface area (Å²) in [5, 5.41) is 3.52. The second-order valence-electron chi connectivity index (χ2n) is 5.43. The Labute approximate surface area is 135 Å². The van der Waals surface area contributed by atoms with Gasteiger partial charge in [0.1, 0.15) is 0 Å². The van der Waals surface area contributed by atoms with E-state index in [0.717, 1.165) is 41.0 Å². The van der Waals surface area contributed by atoms with Crippen LogP contribution in [0.3, 0.4) is 0 Å². The van der Waals surface area contributed by atoms with E-state index in [1.54, 1.807) is 0 Å². The molecule has 1 aromatic carbocycles. The summed E-state index contributed by atoms with van der Waals surface area (Å²) < 4.78 is 1.98. The smallest absolute Gasteiger partial charge is 0.227 e. The Bertz CT molecular complexity index is 542. The van der Waals surface area contributed by atoms with Crippen LogP contribution < -0.4 is 9.80 Å². The zero-order valence-electron chi connectivity index (χ0n) is 12.7. The highest BCUT2D eigenvalue weighted by atomic mass is 79.9.